The molecule has 0 saturated heterocycles. The third-order valence-corrected chi connectivity index (χ3v) is 5.06. The van der Waals surface area contributed by atoms with Crippen molar-refractivity contribution < 1.29 is 4.39 Å². The van der Waals surface area contributed by atoms with Crippen molar-refractivity contribution in [3.63, 3.8) is 0 Å². The molecule has 1 unspecified atom stereocenters. The highest BCUT2D eigenvalue weighted by atomic mass is 19.1. The van der Waals surface area contributed by atoms with Gasteiger partial charge in [0.2, 0.25) is 0 Å². The summed E-state index contributed by atoms with van der Waals surface area (Å²) in [7, 11) is 0. The molecule has 2 saturated carbocycles. The maximum atomic E-state index is 13.9. The Morgan fingerprint density at radius 3 is 2.56 bits per heavy atom. The monoisotopic (exact) mass is 247 g/mol. The standard InChI is InChI=1S/C16H22FN/c1-12-6-5-7-13(17)15(12)18-14-8-11-16(14)9-3-2-4-10-16/h5-7,14,18H,2-4,8-11H2,1H3. The van der Waals surface area contributed by atoms with Gasteiger partial charge in [0.1, 0.15) is 5.82 Å². The molecule has 1 nitrogen and oxygen atoms in total. The van der Waals surface area contributed by atoms with E-state index in [0.717, 1.165) is 11.3 Å². The summed E-state index contributed by atoms with van der Waals surface area (Å²) in [4.78, 5) is 0. The van der Waals surface area contributed by atoms with Gasteiger partial charge in [0.25, 0.3) is 0 Å². The van der Waals surface area contributed by atoms with Gasteiger partial charge >= 0.3 is 0 Å². The van der Waals surface area contributed by atoms with Crippen LogP contribution in [0.1, 0.15) is 50.5 Å². The molecule has 98 valence electrons. The Labute approximate surface area is 109 Å². The van der Waals surface area contributed by atoms with Gasteiger partial charge in [-0.05, 0) is 49.7 Å². The van der Waals surface area contributed by atoms with Crippen LogP contribution in [0.5, 0.6) is 0 Å². The van der Waals surface area contributed by atoms with Gasteiger partial charge in [0, 0.05) is 6.04 Å². The molecule has 1 spiro atoms. The third-order valence-electron chi connectivity index (χ3n) is 5.06. The molecule has 0 radical (unpaired) electrons. The quantitative estimate of drug-likeness (QED) is 0.801. The van der Waals surface area contributed by atoms with E-state index in [4.69, 9.17) is 0 Å². The van der Waals surface area contributed by atoms with Gasteiger partial charge in [-0.1, -0.05) is 31.4 Å². The molecule has 2 aliphatic rings. The highest BCUT2D eigenvalue weighted by Crippen LogP contribution is 2.52. The van der Waals surface area contributed by atoms with Crippen molar-refractivity contribution >= 4 is 5.69 Å². The zero-order valence-electron chi connectivity index (χ0n) is 11.1. The van der Waals surface area contributed by atoms with Crippen LogP contribution in [0, 0.1) is 18.2 Å². The maximum Gasteiger partial charge on any atom is 0.146 e. The predicted octanol–water partition coefficient (Wildman–Crippen LogP) is 4.66. The average Bonchev–Trinajstić information content (AvgIpc) is 2.38. The van der Waals surface area contributed by atoms with Crippen molar-refractivity contribution in [2.45, 2.75) is 57.9 Å². The highest BCUT2D eigenvalue weighted by molar-refractivity contribution is 5.53. The number of hydrogen-bond donors (Lipinski definition) is 1. The first-order chi connectivity index (χ1) is 8.71. The summed E-state index contributed by atoms with van der Waals surface area (Å²) in [5.41, 5.74) is 2.23. The molecule has 0 amide bonds. The van der Waals surface area contributed by atoms with Gasteiger partial charge in [-0.25, -0.2) is 4.39 Å². The SMILES string of the molecule is Cc1cccc(F)c1NC1CCC12CCCCC2. The van der Waals surface area contributed by atoms with Gasteiger partial charge < -0.3 is 5.32 Å². The van der Waals surface area contributed by atoms with Crippen molar-refractivity contribution in [1.29, 1.82) is 0 Å². The van der Waals surface area contributed by atoms with Crippen LogP contribution in [0.4, 0.5) is 10.1 Å². The first-order valence-corrected chi connectivity index (χ1v) is 7.23. The number of rotatable bonds is 2. The number of hydrogen-bond acceptors (Lipinski definition) is 1. The van der Waals surface area contributed by atoms with Gasteiger partial charge in [-0.15, -0.1) is 0 Å². The van der Waals surface area contributed by atoms with Crippen LogP contribution in [0.3, 0.4) is 0 Å². The van der Waals surface area contributed by atoms with Crippen molar-refractivity contribution in [1.82, 2.24) is 0 Å². The molecule has 0 bridgehead atoms. The van der Waals surface area contributed by atoms with Crippen molar-refractivity contribution in [2.75, 3.05) is 5.32 Å². The Balaban J connectivity index is 1.77. The van der Waals surface area contributed by atoms with E-state index in [-0.39, 0.29) is 5.82 Å². The van der Waals surface area contributed by atoms with Crippen LogP contribution < -0.4 is 5.32 Å². The normalized spacial score (nSPS) is 25.8. The minimum Gasteiger partial charge on any atom is -0.379 e. The molecule has 2 fully saturated rings. The van der Waals surface area contributed by atoms with Crippen molar-refractivity contribution in [2.24, 2.45) is 5.41 Å². The van der Waals surface area contributed by atoms with E-state index in [2.05, 4.69) is 5.32 Å². The maximum absolute atomic E-state index is 13.9. The van der Waals surface area contributed by atoms with Crippen LogP contribution in [-0.2, 0) is 0 Å². The van der Waals surface area contributed by atoms with Gasteiger partial charge in [0.05, 0.1) is 5.69 Å². The number of halogens is 1. The second kappa shape index (κ2) is 4.56. The number of para-hydroxylation sites is 1. The van der Waals surface area contributed by atoms with E-state index in [1.807, 2.05) is 13.0 Å². The molecular formula is C16H22FN. The second-order valence-corrected chi connectivity index (χ2v) is 6.09. The summed E-state index contributed by atoms with van der Waals surface area (Å²) in [5, 5.41) is 3.50. The topological polar surface area (TPSA) is 12.0 Å². The van der Waals surface area contributed by atoms with Crippen molar-refractivity contribution in [3.8, 4) is 0 Å². The van der Waals surface area contributed by atoms with E-state index in [0.29, 0.717) is 11.5 Å². The Hall–Kier alpha value is -1.05. The molecule has 1 atom stereocenters. The lowest BCUT2D eigenvalue weighted by atomic mass is 9.57. The van der Waals surface area contributed by atoms with Gasteiger partial charge in [-0.2, -0.15) is 0 Å². The van der Waals surface area contributed by atoms with Crippen LogP contribution in [0.15, 0.2) is 18.2 Å². The Bertz CT molecular complexity index is 414. The molecule has 18 heavy (non-hydrogen) atoms. The van der Waals surface area contributed by atoms with Crippen LogP contribution in [0.25, 0.3) is 0 Å². The van der Waals surface area contributed by atoms with E-state index in [1.165, 1.54) is 44.9 Å². The average molecular weight is 247 g/mol. The first-order valence-electron chi connectivity index (χ1n) is 7.23. The number of aryl methyl sites for hydroxylation is 1. The summed E-state index contributed by atoms with van der Waals surface area (Å²) in [6.45, 7) is 1.98. The number of anilines is 1. The summed E-state index contributed by atoms with van der Waals surface area (Å²) in [6, 6.07) is 5.82. The van der Waals surface area contributed by atoms with Gasteiger partial charge in [-0.3, -0.25) is 0 Å². The minimum atomic E-state index is -0.104. The highest BCUT2D eigenvalue weighted by Gasteiger charge is 2.46. The zero-order valence-corrected chi connectivity index (χ0v) is 11.1. The van der Waals surface area contributed by atoms with E-state index in [9.17, 15) is 4.39 Å². The third kappa shape index (κ3) is 1.92. The predicted molar refractivity (Wildman–Crippen MR) is 73.3 cm³/mol. The largest absolute Gasteiger partial charge is 0.379 e. The molecule has 0 aromatic heterocycles. The lowest BCUT2D eigenvalue weighted by Gasteiger charge is -2.53. The van der Waals surface area contributed by atoms with E-state index >= 15 is 0 Å². The molecular weight excluding hydrogens is 225 g/mol. The van der Waals surface area contributed by atoms with Gasteiger partial charge in [0.15, 0.2) is 0 Å². The fraction of sp³-hybridized carbons (Fsp3) is 0.625. The van der Waals surface area contributed by atoms with E-state index < -0.39 is 0 Å². The molecule has 0 heterocycles. The summed E-state index contributed by atoms with van der Waals surface area (Å²) >= 11 is 0. The van der Waals surface area contributed by atoms with Crippen molar-refractivity contribution in [3.05, 3.63) is 29.6 Å². The number of nitrogens with one attached hydrogen (secondary N) is 1. The molecule has 2 heteroatoms. The van der Waals surface area contributed by atoms with Crippen LogP contribution in [0.2, 0.25) is 0 Å². The summed E-state index contributed by atoms with van der Waals surface area (Å²) in [6.07, 6.45) is 9.29. The molecule has 2 aliphatic carbocycles. The fourth-order valence-corrected chi connectivity index (χ4v) is 3.77. The first kappa shape index (κ1) is 12.0. The second-order valence-electron chi connectivity index (χ2n) is 6.09. The molecule has 1 N–H and O–H groups in total. The molecule has 3 rings (SSSR count). The molecule has 1 aromatic carbocycles. The summed E-state index contributed by atoms with van der Waals surface area (Å²) < 4.78 is 13.9. The van der Waals surface area contributed by atoms with E-state index in [1.54, 1.807) is 12.1 Å². The summed E-state index contributed by atoms with van der Waals surface area (Å²) in [5.74, 6) is -0.104. The Morgan fingerprint density at radius 1 is 1.17 bits per heavy atom. The van der Waals surface area contributed by atoms with Crippen LogP contribution >= 0.6 is 0 Å². The molecule has 0 aliphatic heterocycles. The Morgan fingerprint density at radius 2 is 1.94 bits per heavy atom. The smallest absolute Gasteiger partial charge is 0.146 e. The minimum absolute atomic E-state index is 0.104. The lowest BCUT2D eigenvalue weighted by molar-refractivity contribution is 0.0569. The Kier molecular flexibility index (Phi) is 3.04. The molecule has 1 aromatic rings. The van der Waals surface area contributed by atoms with Crippen LogP contribution in [-0.4, -0.2) is 6.04 Å². The lowest BCUT2D eigenvalue weighted by Crippen LogP contribution is -2.50. The number of benzene rings is 1. The fourth-order valence-electron chi connectivity index (χ4n) is 3.77. The zero-order chi connectivity index (χ0) is 12.6.